The molecule has 1 heterocycles. The summed E-state index contributed by atoms with van der Waals surface area (Å²) in [5.74, 6) is -2.89. The van der Waals surface area contributed by atoms with Crippen LogP contribution >= 0.6 is 23.2 Å². The smallest absolute Gasteiger partial charge is 0.272 e. The summed E-state index contributed by atoms with van der Waals surface area (Å²) in [6.07, 6.45) is -3.79. The van der Waals surface area contributed by atoms with Crippen LogP contribution in [0.2, 0.25) is 10.0 Å². The van der Waals surface area contributed by atoms with E-state index in [2.05, 4.69) is 0 Å². The largest absolute Gasteiger partial charge is 0.485 e. The van der Waals surface area contributed by atoms with E-state index in [1.54, 1.807) is 6.92 Å². The minimum atomic E-state index is -2.74. The molecule has 6 nitrogen and oxygen atoms in total. The molecular weight excluding hydrogens is 472 g/mol. The zero-order valence-electron chi connectivity index (χ0n) is 16.8. The number of nitrogens with zero attached hydrogens (tertiary/aromatic N) is 1. The van der Waals surface area contributed by atoms with Crippen molar-refractivity contribution in [2.24, 2.45) is 11.7 Å². The van der Waals surface area contributed by atoms with Crippen molar-refractivity contribution < 1.29 is 32.2 Å². The number of primary amides is 1. The van der Waals surface area contributed by atoms with E-state index in [1.165, 1.54) is 29.2 Å². The van der Waals surface area contributed by atoms with Crippen LogP contribution in [0, 0.1) is 11.7 Å². The predicted molar refractivity (Wildman–Crippen MR) is 114 cm³/mol. The van der Waals surface area contributed by atoms with Gasteiger partial charge in [-0.25, -0.2) is 13.2 Å². The van der Waals surface area contributed by atoms with Gasteiger partial charge in [0, 0.05) is 17.1 Å². The maximum Gasteiger partial charge on any atom is 0.272 e. The molecule has 1 saturated heterocycles. The topological polar surface area (TPSA) is 81.9 Å². The summed E-state index contributed by atoms with van der Waals surface area (Å²) in [5, 5.41) is 0.192. The van der Waals surface area contributed by atoms with Crippen LogP contribution in [0.15, 0.2) is 30.3 Å². The molecule has 32 heavy (non-hydrogen) atoms. The molecule has 2 unspecified atom stereocenters. The maximum atomic E-state index is 15.1. The first kappa shape index (κ1) is 24.2. The molecule has 0 saturated carbocycles. The highest BCUT2D eigenvalue weighted by Crippen LogP contribution is 2.40. The third-order valence-corrected chi connectivity index (χ3v) is 5.41. The molecule has 0 spiro atoms. The first-order chi connectivity index (χ1) is 15.1. The molecule has 1 aliphatic heterocycles. The molecule has 1 aliphatic rings. The van der Waals surface area contributed by atoms with Crippen molar-refractivity contribution in [3.8, 4) is 16.9 Å². The lowest BCUT2D eigenvalue weighted by Gasteiger charge is -2.36. The summed E-state index contributed by atoms with van der Waals surface area (Å²) < 4.78 is 50.5. The first-order valence-corrected chi connectivity index (χ1v) is 10.3. The maximum absolute atomic E-state index is 15.1. The van der Waals surface area contributed by atoms with E-state index >= 15 is 4.39 Å². The highest BCUT2D eigenvalue weighted by molar-refractivity contribution is 6.36. The number of rotatable bonds is 8. The van der Waals surface area contributed by atoms with Crippen LogP contribution in [0.5, 0.6) is 5.75 Å². The Bertz CT molecular complexity index is 1040. The molecule has 2 amide bonds. The van der Waals surface area contributed by atoms with Crippen molar-refractivity contribution in [2.45, 2.75) is 19.5 Å². The lowest BCUT2D eigenvalue weighted by Crippen LogP contribution is -2.56. The van der Waals surface area contributed by atoms with Crippen molar-refractivity contribution in [1.82, 2.24) is 0 Å². The molecule has 2 aromatic rings. The van der Waals surface area contributed by atoms with Gasteiger partial charge in [-0.05, 0) is 36.8 Å². The minimum absolute atomic E-state index is 0.00842. The van der Waals surface area contributed by atoms with E-state index in [0.29, 0.717) is 0 Å². The second kappa shape index (κ2) is 9.97. The van der Waals surface area contributed by atoms with Crippen molar-refractivity contribution >= 4 is 40.7 Å². The number of benzene rings is 2. The number of amides is 2. The Balaban J connectivity index is 1.94. The van der Waals surface area contributed by atoms with E-state index in [9.17, 15) is 18.4 Å². The quantitative estimate of drug-likeness (QED) is 0.598. The summed E-state index contributed by atoms with van der Waals surface area (Å²) in [4.78, 5) is 25.4. The number of hydrogen-bond acceptors (Lipinski definition) is 4. The molecule has 0 aromatic heterocycles. The average Bonchev–Trinajstić information content (AvgIpc) is 2.67. The second-order valence-corrected chi connectivity index (χ2v) is 7.82. The summed E-state index contributed by atoms with van der Waals surface area (Å²) in [6.45, 7) is 0.881. The van der Waals surface area contributed by atoms with Crippen LogP contribution in [0.4, 0.5) is 18.9 Å². The fourth-order valence-corrected chi connectivity index (χ4v) is 3.92. The van der Waals surface area contributed by atoms with Gasteiger partial charge in [0.15, 0.2) is 0 Å². The Labute approximate surface area is 192 Å². The van der Waals surface area contributed by atoms with Gasteiger partial charge < -0.3 is 20.1 Å². The zero-order chi connectivity index (χ0) is 23.6. The number of carbonyl (C=O) groups is 2. The van der Waals surface area contributed by atoms with Crippen molar-refractivity contribution in [3.05, 3.63) is 46.2 Å². The second-order valence-electron chi connectivity index (χ2n) is 6.98. The van der Waals surface area contributed by atoms with Gasteiger partial charge in [0.05, 0.1) is 23.2 Å². The van der Waals surface area contributed by atoms with E-state index in [1.807, 2.05) is 0 Å². The summed E-state index contributed by atoms with van der Waals surface area (Å²) in [7, 11) is 0. The van der Waals surface area contributed by atoms with Gasteiger partial charge in [-0.15, -0.1) is 0 Å². The highest BCUT2D eigenvalue weighted by atomic mass is 35.5. The molecule has 1 fully saturated rings. The molecule has 0 radical (unpaired) electrons. The van der Waals surface area contributed by atoms with Gasteiger partial charge in [-0.3, -0.25) is 9.59 Å². The van der Waals surface area contributed by atoms with Gasteiger partial charge in [0.2, 0.25) is 11.8 Å². The Morgan fingerprint density at radius 2 is 2.00 bits per heavy atom. The number of carbonyl (C=O) groups excluding carboxylic acids is 2. The van der Waals surface area contributed by atoms with Crippen LogP contribution in [-0.4, -0.2) is 44.1 Å². The van der Waals surface area contributed by atoms with E-state index in [-0.39, 0.29) is 45.8 Å². The Kier molecular flexibility index (Phi) is 7.53. The molecule has 11 heteroatoms. The Morgan fingerprint density at radius 1 is 1.28 bits per heavy atom. The first-order valence-electron chi connectivity index (χ1n) is 9.56. The monoisotopic (exact) mass is 490 g/mol. The fraction of sp³-hybridized carbons (Fsp3) is 0.333. The Hall–Kier alpha value is -2.49. The third kappa shape index (κ3) is 4.95. The lowest BCUT2D eigenvalue weighted by molar-refractivity contribution is -0.166. The van der Waals surface area contributed by atoms with E-state index in [4.69, 9.17) is 38.4 Å². The number of nitrogens with two attached hydrogens (primary N) is 1. The zero-order valence-corrected chi connectivity index (χ0v) is 18.3. The molecular formula is C21H19Cl2F3N2O4. The normalized spacial score (nSPS) is 17.7. The molecule has 2 N–H and O–H groups in total. The molecule has 0 bridgehead atoms. The van der Waals surface area contributed by atoms with Gasteiger partial charge in [-0.2, -0.15) is 0 Å². The summed E-state index contributed by atoms with van der Waals surface area (Å²) in [5.41, 5.74) is 5.65. The number of halogens is 5. The van der Waals surface area contributed by atoms with Crippen molar-refractivity contribution in [3.63, 3.8) is 0 Å². The average molecular weight is 491 g/mol. The van der Waals surface area contributed by atoms with Gasteiger partial charge in [0.25, 0.3) is 6.43 Å². The lowest BCUT2D eigenvalue weighted by atomic mass is 9.95. The number of ether oxygens (including phenoxy) is 2. The van der Waals surface area contributed by atoms with Crippen LogP contribution in [0.25, 0.3) is 11.1 Å². The SMILES string of the molecule is CCN(C(=O)C1COC1C(N)=O)c1ccc(-c2cc(Cl)cc(Cl)c2OCC(F)F)cc1F. The van der Waals surface area contributed by atoms with Gasteiger partial charge in [-0.1, -0.05) is 29.3 Å². The molecule has 0 aliphatic carbocycles. The van der Waals surface area contributed by atoms with E-state index in [0.717, 1.165) is 6.07 Å². The Morgan fingerprint density at radius 3 is 2.53 bits per heavy atom. The molecule has 2 atom stereocenters. The predicted octanol–water partition coefficient (Wildman–Crippen LogP) is 4.30. The van der Waals surface area contributed by atoms with Crippen LogP contribution < -0.4 is 15.4 Å². The summed E-state index contributed by atoms with van der Waals surface area (Å²) in [6, 6.07) is 6.69. The number of hydrogen-bond donors (Lipinski definition) is 1. The standard InChI is InChI=1S/C21H19Cl2F3N2O4/c1-2-28(21(30)13-8-31-19(13)20(27)29)16-4-3-10(5-15(16)24)12-6-11(22)7-14(23)18(12)32-9-17(25)26/h3-7,13,17,19H,2,8-9H2,1H3,(H2,27,29). The fourth-order valence-electron chi connectivity index (χ4n) is 3.38. The third-order valence-electron chi connectivity index (χ3n) is 4.91. The van der Waals surface area contributed by atoms with Crippen LogP contribution in [-0.2, 0) is 14.3 Å². The molecule has 3 rings (SSSR count). The van der Waals surface area contributed by atoms with Crippen molar-refractivity contribution in [2.75, 3.05) is 24.7 Å². The van der Waals surface area contributed by atoms with Gasteiger partial charge >= 0.3 is 0 Å². The van der Waals surface area contributed by atoms with Crippen molar-refractivity contribution in [1.29, 1.82) is 0 Å². The molecule has 2 aromatic carbocycles. The van der Waals surface area contributed by atoms with Crippen LogP contribution in [0.1, 0.15) is 6.92 Å². The summed E-state index contributed by atoms with van der Waals surface area (Å²) >= 11 is 12.1. The van der Waals surface area contributed by atoms with Gasteiger partial charge in [0.1, 0.15) is 24.3 Å². The van der Waals surface area contributed by atoms with Crippen LogP contribution in [0.3, 0.4) is 0 Å². The number of alkyl halides is 2. The molecule has 172 valence electrons. The highest BCUT2D eigenvalue weighted by Gasteiger charge is 2.44. The van der Waals surface area contributed by atoms with E-state index < -0.39 is 42.7 Å². The number of anilines is 1. The minimum Gasteiger partial charge on any atom is -0.485 e.